The van der Waals surface area contributed by atoms with E-state index >= 15 is 0 Å². The zero-order valence-electron chi connectivity index (χ0n) is 14.6. The molecular formula is C18H22ClN5O2. The van der Waals surface area contributed by atoms with Crippen LogP contribution >= 0.6 is 11.6 Å². The Bertz CT molecular complexity index is 778. The van der Waals surface area contributed by atoms with Crippen molar-refractivity contribution < 1.29 is 9.59 Å². The molecule has 1 saturated heterocycles. The molecule has 0 aliphatic carbocycles. The Labute approximate surface area is 157 Å². The summed E-state index contributed by atoms with van der Waals surface area (Å²) in [5.41, 5.74) is 0.887. The first kappa shape index (κ1) is 18.3. The number of imidazole rings is 1. The smallest absolute Gasteiger partial charge is 0.321 e. The molecular weight excluding hydrogens is 354 g/mol. The number of hydrogen-bond acceptors (Lipinski definition) is 3. The Morgan fingerprint density at radius 3 is 2.96 bits per heavy atom. The molecule has 1 fully saturated rings. The number of aromatic nitrogens is 2. The number of piperidine rings is 1. The molecule has 8 heteroatoms. The van der Waals surface area contributed by atoms with Crippen molar-refractivity contribution in [3.8, 4) is 0 Å². The lowest BCUT2D eigenvalue weighted by Gasteiger charge is -2.33. The van der Waals surface area contributed by atoms with Crippen molar-refractivity contribution in [3.05, 3.63) is 47.5 Å². The van der Waals surface area contributed by atoms with Crippen LogP contribution in [0.1, 0.15) is 23.2 Å². The molecule has 7 nitrogen and oxygen atoms in total. The summed E-state index contributed by atoms with van der Waals surface area (Å²) in [6.45, 7) is 2.23. The molecule has 1 aliphatic heterocycles. The average Bonchev–Trinajstić information content (AvgIpc) is 3.16. The topological polar surface area (TPSA) is 79.3 Å². The molecule has 0 saturated carbocycles. The van der Waals surface area contributed by atoms with Crippen LogP contribution in [-0.2, 0) is 6.54 Å². The average molecular weight is 376 g/mol. The van der Waals surface area contributed by atoms with Gasteiger partial charge in [0.1, 0.15) is 0 Å². The van der Waals surface area contributed by atoms with Gasteiger partial charge in [-0.2, -0.15) is 0 Å². The molecule has 3 rings (SSSR count). The summed E-state index contributed by atoms with van der Waals surface area (Å²) < 4.78 is 2.04. The lowest BCUT2D eigenvalue weighted by Crippen LogP contribution is -2.43. The maximum absolute atomic E-state index is 12.7. The van der Waals surface area contributed by atoms with Gasteiger partial charge in [-0.15, -0.1) is 0 Å². The highest BCUT2D eigenvalue weighted by Crippen LogP contribution is 2.25. The van der Waals surface area contributed by atoms with Crippen molar-refractivity contribution in [2.24, 2.45) is 5.92 Å². The predicted molar refractivity (Wildman–Crippen MR) is 100 cm³/mol. The summed E-state index contributed by atoms with van der Waals surface area (Å²) in [6.07, 6.45) is 7.52. The normalized spacial score (nSPS) is 17.0. The van der Waals surface area contributed by atoms with Crippen molar-refractivity contribution in [1.29, 1.82) is 0 Å². The highest BCUT2D eigenvalue weighted by Gasteiger charge is 2.24. The highest BCUT2D eigenvalue weighted by atomic mass is 35.5. The maximum Gasteiger partial charge on any atom is 0.321 e. The molecule has 0 radical (unpaired) electrons. The number of carbonyl (C=O) groups excluding carboxylic acids is 2. The first-order valence-electron chi connectivity index (χ1n) is 8.60. The van der Waals surface area contributed by atoms with E-state index in [4.69, 9.17) is 11.6 Å². The summed E-state index contributed by atoms with van der Waals surface area (Å²) in [7, 11) is 1.56. The summed E-state index contributed by atoms with van der Waals surface area (Å²) in [4.78, 5) is 30.3. The van der Waals surface area contributed by atoms with Crippen LogP contribution in [0.3, 0.4) is 0 Å². The van der Waals surface area contributed by atoms with Crippen molar-refractivity contribution in [2.75, 3.05) is 25.5 Å². The van der Waals surface area contributed by atoms with Crippen molar-refractivity contribution in [2.45, 2.75) is 19.4 Å². The number of rotatable bonds is 4. The third-order valence-corrected chi connectivity index (χ3v) is 4.86. The number of anilines is 1. The first-order valence-corrected chi connectivity index (χ1v) is 8.98. The van der Waals surface area contributed by atoms with Crippen LogP contribution in [0.5, 0.6) is 0 Å². The van der Waals surface area contributed by atoms with Gasteiger partial charge < -0.3 is 20.1 Å². The number of benzene rings is 1. The fourth-order valence-corrected chi connectivity index (χ4v) is 3.36. The van der Waals surface area contributed by atoms with Crippen molar-refractivity contribution >= 4 is 29.2 Å². The van der Waals surface area contributed by atoms with Crippen LogP contribution in [-0.4, -0.2) is 46.5 Å². The fraction of sp³-hybridized carbons (Fsp3) is 0.389. The lowest BCUT2D eigenvalue weighted by atomic mass is 9.98. The van der Waals surface area contributed by atoms with Crippen LogP contribution in [0.4, 0.5) is 10.5 Å². The second kappa shape index (κ2) is 8.23. The molecule has 0 unspecified atom stereocenters. The van der Waals surface area contributed by atoms with Crippen LogP contribution in [0.25, 0.3) is 0 Å². The minimum Gasteiger partial charge on any atom is -0.355 e. The number of nitrogens with one attached hydrogen (secondary N) is 2. The zero-order chi connectivity index (χ0) is 18.5. The number of likely N-dealkylation sites (tertiary alicyclic amines) is 1. The minimum atomic E-state index is -0.226. The Kier molecular flexibility index (Phi) is 5.78. The zero-order valence-corrected chi connectivity index (χ0v) is 15.4. The Balaban J connectivity index is 1.64. The van der Waals surface area contributed by atoms with Gasteiger partial charge in [0, 0.05) is 44.6 Å². The van der Waals surface area contributed by atoms with Crippen molar-refractivity contribution in [1.82, 2.24) is 19.8 Å². The van der Waals surface area contributed by atoms with Gasteiger partial charge >= 0.3 is 6.03 Å². The van der Waals surface area contributed by atoms with E-state index < -0.39 is 0 Å². The van der Waals surface area contributed by atoms with E-state index in [1.54, 1.807) is 42.7 Å². The van der Waals surface area contributed by atoms with E-state index in [1.165, 1.54) is 0 Å². The fourth-order valence-electron chi connectivity index (χ4n) is 3.19. The van der Waals surface area contributed by atoms with E-state index in [2.05, 4.69) is 15.6 Å². The number of carbonyl (C=O) groups is 2. The van der Waals surface area contributed by atoms with E-state index in [0.29, 0.717) is 35.3 Å². The minimum absolute atomic E-state index is 0.198. The number of amides is 3. The number of urea groups is 1. The summed E-state index contributed by atoms with van der Waals surface area (Å²) in [6, 6.07) is 4.63. The molecule has 138 valence electrons. The van der Waals surface area contributed by atoms with Gasteiger partial charge in [-0.05, 0) is 37.0 Å². The number of hydrogen-bond donors (Lipinski definition) is 2. The molecule has 1 atom stereocenters. The van der Waals surface area contributed by atoms with E-state index in [0.717, 1.165) is 19.4 Å². The molecule has 1 aliphatic rings. The monoisotopic (exact) mass is 375 g/mol. The molecule has 26 heavy (non-hydrogen) atoms. The third kappa shape index (κ3) is 4.35. The molecule has 0 spiro atoms. The summed E-state index contributed by atoms with van der Waals surface area (Å²) >= 11 is 6.18. The maximum atomic E-state index is 12.7. The van der Waals surface area contributed by atoms with Crippen LogP contribution in [0.2, 0.25) is 5.02 Å². The number of nitrogens with zero attached hydrogens (tertiary/aromatic N) is 3. The molecule has 2 N–H and O–H groups in total. The molecule has 0 bridgehead atoms. The second-order valence-electron chi connectivity index (χ2n) is 6.42. The lowest BCUT2D eigenvalue weighted by molar-refractivity contribution is 0.0963. The van der Waals surface area contributed by atoms with Gasteiger partial charge in [0.2, 0.25) is 0 Å². The summed E-state index contributed by atoms with van der Waals surface area (Å²) in [5, 5.41) is 5.79. The Morgan fingerprint density at radius 2 is 2.23 bits per heavy atom. The molecule has 2 heterocycles. The van der Waals surface area contributed by atoms with Gasteiger partial charge in [0.25, 0.3) is 5.91 Å². The van der Waals surface area contributed by atoms with Crippen molar-refractivity contribution in [3.63, 3.8) is 0 Å². The van der Waals surface area contributed by atoms with E-state index in [1.807, 2.05) is 10.8 Å². The standard InChI is InChI=1S/C18H22ClN5O2/c1-20-17(25)14-4-5-15(19)16(9-14)22-18(26)24-7-2-3-13(11-24)10-23-8-6-21-12-23/h4-6,8-9,12-13H,2-3,7,10-11H2,1H3,(H,20,25)(H,22,26)/t13-/m0/s1. The van der Waals surface area contributed by atoms with Gasteiger partial charge in [-0.1, -0.05) is 11.6 Å². The molecule has 1 aromatic carbocycles. The molecule has 2 aromatic rings. The van der Waals surface area contributed by atoms with Gasteiger partial charge in [0.05, 0.1) is 17.0 Å². The van der Waals surface area contributed by atoms with E-state index in [9.17, 15) is 9.59 Å². The van der Waals surface area contributed by atoms with Crippen LogP contribution in [0.15, 0.2) is 36.9 Å². The molecule has 1 aromatic heterocycles. The Hall–Kier alpha value is -2.54. The third-order valence-electron chi connectivity index (χ3n) is 4.53. The van der Waals surface area contributed by atoms with Crippen LogP contribution in [0, 0.1) is 5.92 Å². The predicted octanol–water partition coefficient (Wildman–Crippen LogP) is 2.84. The SMILES string of the molecule is CNC(=O)c1ccc(Cl)c(NC(=O)N2CCC[C@@H](Cn3ccnc3)C2)c1. The largest absolute Gasteiger partial charge is 0.355 e. The van der Waals surface area contributed by atoms with Crippen LogP contribution < -0.4 is 10.6 Å². The van der Waals surface area contributed by atoms with Gasteiger partial charge in [0.15, 0.2) is 0 Å². The summed E-state index contributed by atoms with van der Waals surface area (Å²) in [5.74, 6) is 0.159. The highest BCUT2D eigenvalue weighted by molar-refractivity contribution is 6.33. The van der Waals surface area contributed by atoms with E-state index in [-0.39, 0.29) is 11.9 Å². The second-order valence-corrected chi connectivity index (χ2v) is 6.82. The van der Waals surface area contributed by atoms with Gasteiger partial charge in [-0.3, -0.25) is 4.79 Å². The number of halogens is 1. The Morgan fingerprint density at radius 1 is 1.38 bits per heavy atom. The quantitative estimate of drug-likeness (QED) is 0.862. The van der Waals surface area contributed by atoms with Gasteiger partial charge in [-0.25, -0.2) is 9.78 Å². The first-order chi connectivity index (χ1) is 12.6. The molecule has 3 amide bonds.